The van der Waals surface area contributed by atoms with Crippen molar-refractivity contribution in [3.63, 3.8) is 0 Å². The molecule has 0 N–H and O–H groups in total. The first kappa shape index (κ1) is 32.3. The fraction of sp³-hybridized carbons (Fsp3) is 0.333. The second-order valence-corrected chi connectivity index (χ2v) is 9.80. The van der Waals surface area contributed by atoms with Gasteiger partial charge < -0.3 is 18.9 Å². The summed E-state index contributed by atoms with van der Waals surface area (Å²) < 4.78 is 20.1. The zero-order valence-electron chi connectivity index (χ0n) is 19.9. The van der Waals surface area contributed by atoms with Crippen molar-refractivity contribution in [2.75, 3.05) is 13.2 Å². The highest BCUT2D eigenvalue weighted by molar-refractivity contribution is 6.47. The van der Waals surface area contributed by atoms with Crippen molar-refractivity contribution in [1.82, 2.24) is 0 Å². The lowest BCUT2D eigenvalue weighted by molar-refractivity contribution is -0.156. The lowest BCUT2D eigenvalue weighted by Crippen LogP contribution is -2.26. The van der Waals surface area contributed by atoms with Crippen LogP contribution in [0.25, 0.3) is 0 Å². The van der Waals surface area contributed by atoms with E-state index < -0.39 is 45.4 Å². The minimum absolute atomic E-state index is 0.0918. The molecule has 38 heavy (non-hydrogen) atoms. The lowest BCUT2D eigenvalue weighted by Gasteiger charge is -2.14. The van der Waals surface area contributed by atoms with E-state index in [-0.39, 0.29) is 44.4 Å². The number of benzene rings is 2. The highest BCUT2D eigenvalue weighted by Gasteiger charge is 2.29. The van der Waals surface area contributed by atoms with Crippen molar-refractivity contribution in [3.05, 3.63) is 53.4 Å². The van der Waals surface area contributed by atoms with Gasteiger partial charge in [0, 0.05) is 12.1 Å². The molecule has 0 unspecified atom stereocenters. The third-order valence-corrected chi connectivity index (χ3v) is 7.01. The largest absolute Gasteiger partial charge is 0.462 e. The summed E-state index contributed by atoms with van der Waals surface area (Å²) in [5.41, 5.74) is -0.710. The molecule has 0 amide bonds. The number of ether oxygens (including phenoxy) is 4. The average Bonchev–Trinajstić information content (AvgIpc) is 2.86. The Kier molecular flexibility index (Phi) is 12.7. The molecule has 0 aliphatic rings. The number of unbranched alkanes of at least 4 members (excludes halogenated alkanes) is 2. The summed E-state index contributed by atoms with van der Waals surface area (Å²) in [6.45, 7) is 3.98. The summed E-state index contributed by atoms with van der Waals surface area (Å²) in [5, 5.41) is -1.72. The van der Waals surface area contributed by atoms with E-state index in [4.69, 9.17) is 88.6 Å². The maximum absolute atomic E-state index is 12.5. The third-order valence-electron chi connectivity index (χ3n) is 4.69. The highest BCUT2D eigenvalue weighted by Crippen LogP contribution is 2.41. The van der Waals surface area contributed by atoms with E-state index in [0.717, 1.165) is 25.0 Å². The topological polar surface area (TPSA) is 105 Å². The molecule has 206 valence electrons. The van der Waals surface area contributed by atoms with E-state index in [1.807, 2.05) is 13.8 Å². The summed E-state index contributed by atoms with van der Waals surface area (Å²) in [6, 6.07) is 2.05. The average molecular weight is 649 g/mol. The van der Waals surface area contributed by atoms with Gasteiger partial charge in [0.05, 0.1) is 43.3 Å². The van der Waals surface area contributed by atoms with Crippen molar-refractivity contribution in [2.24, 2.45) is 0 Å². The van der Waals surface area contributed by atoms with Crippen LogP contribution in [0.3, 0.4) is 0 Å². The zero-order valence-corrected chi connectivity index (χ0v) is 24.5. The van der Waals surface area contributed by atoms with E-state index in [1.165, 1.54) is 0 Å². The number of carbonyl (C=O) groups is 4. The lowest BCUT2D eigenvalue weighted by atomic mass is 10.2. The first-order valence-corrected chi connectivity index (χ1v) is 13.3. The number of esters is 4. The quantitative estimate of drug-likeness (QED) is 0.0838. The Balaban J connectivity index is 2.28. The Morgan fingerprint density at radius 2 is 0.947 bits per heavy atom. The molecule has 0 aliphatic heterocycles. The van der Waals surface area contributed by atoms with E-state index in [0.29, 0.717) is 12.8 Å². The fourth-order valence-electron chi connectivity index (χ4n) is 2.71. The van der Waals surface area contributed by atoms with E-state index in [9.17, 15) is 19.2 Å². The van der Waals surface area contributed by atoms with Gasteiger partial charge in [0.1, 0.15) is 11.1 Å². The van der Waals surface area contributed by atoms with Gasteiger partial charge in [-0.3, -0.25) is 0 Å². The van der Waals surface area contributed by atoms with E-state index >= 15 is 0 Å². The Hall–Kier alpha value is -1.94. The zero-order chi connectivity index (χ0) is 28.6. The fourth-order valence-corrected chi connectivity index (χ4v) is 4.18. The normalized spacial score (nSPS) is 10.6. The molecule has 0 bridgehead atoms. The molecule has 2 rings (SSSR count). The van der Waals surface area contributed by atoms with Crippen LogP contribution in [0.5, 0.6) is 11.5 Å². The number of carbonyl (C=O) groups excluding carboxylic acids is 4. The first-order chi connectivity index (χ1) is 17.9. The molecule has 0 atom stereocenters. The minimum Gasteiger partial charge on any atom is -0.462 e. The molecule has 0 saturated carbocycles. The molecule has 8 nitrogen and oxygen atoms in total. The third kappa shape index (κ3) is 8.04. The van der Waals surface area contributed by atoms with Crippen LogP contribution >= 0.6 is 69.6 Å². The summed E-state index contributed by atoms with van der Waals surface area (Å²) >= 11 is 36.6. The van der Waals surface area contributed by atoms with Gasteiger partial charge in [-0.1, -0.05) is 96.3 Å². The molecule has 2 aromatic rings. The highest BCUT2D eigenvalue weighted by atomic mass is 35.5. The molecule has 2 aromatic carbocycles. The van der Waals surface area contributed by atoms with Crippen LogP contribution in [0.2, 0.25) is 30.1 Å². The molecule has 0 radical (unpaired) electrons. The van der Waals surface area contributed by atoms with Crippen LogP contribution in [0, 0.1) is 0 Å². The number of hydrogen-bond acceptors (Lipinski definition) is 8. The van der Waals surface area contributed by atoms with Crippen LogP contribution in [-0.2, 0) is 19.1 Å². The van der Waals surface area contributed by atoms with Crippen LogP contribution in [0.4, 0.5) is 0 Å². The number of halogens is 6. The SMILES string of the molecule is CCCCOC(=O)c1c(Cl)c(Cl)cc(OC(=O)C(=O)Oc2cc(Cl)c(Cl)c(C(=O)OCCCC)c2Cl)c1Cl. The Morgan fingerprint density at radius 3 is 1.26 bits per heavy atom. The van der Waals surface area contributed by atoms with Crippen molar-refractivity contribution in [2.45, 2.75) is 39.5 Å². The molecular weight excluding hydrogens is 629 g/mol. The van der Waals surface area contributed by atoms with E-state index in [2.05, 4.69) is 0 Å². The van der Waals surface area contributed by atoms with Gasteiger partial charge in [-0.05, 0) is 12.8 Å². The van der Waals surface area contributed by atoms with Gasteiger partial charge in [-0.25, -0.2) is 19.2 Å². The monoisotopic (exact) mass is 646 g/mol. The molecule has 0 fully saturated rings. The Morgan fingerprint density at radius 1 is 0.605 bits per heavy atom. The maximum Gasteiger partial charge on any atom is 0.423 e. The van der Waals surface area contributed by atoms with Gasteiger partial charge in [0.15, 0.2) is 11.5 Å². The molecule has 0 saturated heterocycles. The first-order valence-electron chi connectivity index (χ1n) is 11.1. The molecule has 14 heteroatoms. The van der Waals surface area contributed by atoms with Crippen molar-refractivity contribution in [1.29, 1.82) is 0 Å². The molecule has 0 aromatic heterocycles. The van der Waals surface area contributed by atoms with Gasteiger partial charge >= 0.3 is 23.9 Å². The van der Waals surface area contributed by atoms with Crippen LogP contribution in [-0.4, -0.2) is 37.1 Å². The molecule has 0 spiro atoms. The van der Waals surface area contributed by atoms with Crippen molar-refractivity contribution >= 4 is 93.5 Å². The van der Waals surface area contributed by atoms with Crippen molar-refractivity contribution < 1.29 is 38.1 Å². The van der Waals surface area contributed by atoms with Crippen LogP contribution in [0.15, 0.2) is 12.1 Å². The van der Waals surface area contributed by atoms with Gasteiger partial charge in [-0.15, -0.1) is 0 Å². The smallest absolute Gasteiger partial charge is 0.423 e. The Bertz CT molecular complexity index is 1150. The van der Waals surface area contributed by atoms with Crippen LogP contribution in [0.1, 0.15) is 60.2 Å². The predicted molar refractivity (Wildman–Crippen MR) is 145 cm³/mol. The number of rotatable bonds is 10. The second-order valence-electron chi connectivity index (χ2n) is 7.48. The molecular formula is C24H20Cl6O8. The van der Waals surface area contributed by atoms with Gasteiger partial charge in [-0.2, -0.15) is 0 Å². The second kappa shape index (κ2) is 15.0. The minimum atomic E-state index is -1.58. The predicted octanol–water partition coefficient (Wildman–Crippen LogP) is 8.03. The summed E-state index contributed by atoms with van der Waals surface area (Å²) in [5.74, 6) is -5.90. The molecule has 0 aliphatic carbocycles. The van der Waals surface area contributed by atoms with E-state index in [1.54, 1.807) is 0 Å². The van der Waals surface area contributed by atoms with Crippen LogP contribution < -0.4 is 9.47 Å². The number of hydrogen-bond donors (Lipinski definition) is 0. The summed E-state index contributed by atoms with van der Waals surface area (Å²) in [6.07, 6.45) is 2.70. The summed E-state index contributed by atoms with van der Waals surface area (Å²) in [4.78, 5) is 49.8. The standard InChI is InChI=1S/C24H20Cl6O8/c1-3-5-7-35-21(31)15-17(27)11(25)9-13(19(15)29)37-23(33)24(34)38-14-10-12(26)18(28)16(20(14)30)22(32)36-8-6-4-2/h9-10H,3-8H2,1-2H3. The Labute approximate surface area is 248 Å². The van der Waals surface area contributed by atoms with Gasteiger partial charge in [0.25, 0.3) is 0 Å². The van der Waals surface area contributed by atoms with Gasteiger partial charge in [0.2, 0.25) is 0 Å². The summed E-state index contributed by atoms with van der Waals surface area (Å²) in [7, 11) is 0. The maximum atomic E-state index is 12.5. The molecule has 0 heterocycles. The van der Waals surface area contributed by atoms with Crippen molar-refractivity contribution in [3.8, 4) is 11.5 Å².